The molecule has 0 saturated carbocycles. The average Bonchev–Trinajstić information content (AvgIpc) is 1.57. The lowest BCUT2D eigenvalue weighted by atomic mass is 9.99. The maximum absolute atomic E-state index is 13.1. The van der Waals surface area contributed by atoms with Crippen molar-refractivity contribution in [3.8, 4) is 0 Å². The van der Waals surface area contributed by atoms with Gasteiger partial charge in [0.15, 0.2) is 12.2 Å². The highest BCUT2D eigenvalue weighted by Gasteiger charge is 2.30. The number of carbonyl (C=O) groups excluding carboxylic acids is 4. The van der Waals surface area contributed by atoms with Crippen LogP contribution in [0.25, 0.3) is 0 Å². The smallest absolute Gasteiger partial charge is 0.462 e. The van der Waals surface area contributed by atoms with Crippen LogP contribution in [0, 0.1) is 17.8 Å². The van der Waals surface area contributed by atoms with Gasteiger partial charge in [0.05, 0.1) is 26.4 Å². The number of carbonyl (C=O) groups is 4. The van der Waals surface area contributed by atoms with Gasteiger partial charge in [-0.3, -0.25) is 37.3 Å². The quantitative estimate of drug-likeness (QED) is 0.0222. The van der Waals surface area contributed by atoms with Gasteiger partial charge in [0.1, 0.15) is 19.3 Å². The molecule has 0 aliphatic heterocycles. The van der Waals surface area contributed by atoms with Crippen molar-refractivity contribution >= 4 is 39.5 Å². The van der Waals surface area contributed by atoms with Crippen LogP contribution < -0.4 is 0 Å². The van der Waals surface area contributed by atoms with Gasteiger partial charge in [-0.05, 0) is 43.4 Å². The van der Waals surface area contributed by atoms with Crippen molar-refractivity contribution in [3.05, 3.63) is 0 Å². The van der Waals surface area contributed by atoms with Crippen LogP contribution >= 0.6 is 15.6 Å². The van der Waals surface area contributed by atoms with E-state index >= 15 is 0 Å². The highest BCUT2D eigenvalue weighted by molar-refractivity contribution is 7.47. The number of rotatable bonds is 75. The zero-order chi connectivity index (χ0) is 70.9. The van der Waals surface area contributed by atoms with Gasteiger partial charge in [0, 0.05) is 25.7 Å². The fourth-order valence-corrected chi connectivity index (χ4v) is 13.3. The third-order valence-electron chi connectivity index (χ3n) is 18.2. The molecule has 96 heavy (non-hydrogen) atoms. The van der Waals surface area contributed by atoms with Crippen molar-refractivity contribution in [2.75, 3.05) is 39.6 Å². The normalized spacial score (nSPS) is 14.3. The van der Waals surface area contributed by atoms with E-state index in [1.807, 2.05) is 0 Å². The Labute approximate surface area is 588 Å². The Morgan fingerprint density at radius 1 is 0.302 bits per heavy atom. The monoisotopic (exact) mass is 1410 g/mol. The molecule has 17 nitrogen and oxygen atoms in total. The highest BCUT2D eigenvalue weighted by Crippen LogP contribution is 2.45. The van der Waals surface area contributed by atoms with Crippen LogP contribution in [-0.2, 0) is 65.4 Å². The molecule has 0 rings (SSSR count). The minimum Gasteiger partial charge on any atom is -0.462 e. The number of phosphoric acid groups is 2. The summed E-state index contributed by atoms with van der Waals surface area (Å²) in [7, 11) is -9.91. The Kier molecular flexibility index (Phi) is 66.2. The molecule has 3 unspecified atom stereocenters. The third-order valence-corrected chi connectivity index (χ3v) is 20.1. The molecule has 0 bridgehead atoms. The molecule has 0 radical (unpaired) electrons. The van der Waals surface area contributed by atoms with Gasteiger partial charge >= 0.3 is 39.5 Å². The second-order valence-electron chi connectivity index (χ2n) is 28.9. The van der Waals surface area contributed by atoms with Crippen molar-refractivity contribution in [3.63, 3.8) is 0 Å². The van der Waals surface area contributed by atoms with Crippen LogP contribution in [0.15, 0.2) is 0 Å². The number of aliphatic hydroxyl groups excluding tert-OH is 1. The van der Waals surface area contributed by atoms with E-state index in [-0.39, 0.29) is 25.7 Å². The molecule has 0 aliphatic carbocycles. The predicted octanol–water partition coefficient (Wildman–Crippen LogP) is 22.6. The van der Waals surface area contributed by atoms with Crippen LogP contribution in [-0.4, -0.2) is 96.7 Å². The summed E-state index contributed by atoms with van der Waals surface area (Å²) in [5.74, 6) is 0.132. The minimum absolute atomic E-state index is 0.104. The lowest BCUT2D eigenvalue weighted by molar-refractivity contribution is -0.161. The molecule has 0 amide bonds. The van der Waals surface area contributed by atoms with Crippen molar-refractivity contribution in [1.29, 1.82) is 0 Å². The molecule has 0 fully saturated rings. The molecule has 0 aromatic heterocycles. The molecular formula is C77H150O17P2. The van der Waals surface area contributed by atoms with Crippen LogP contribution in [0.2, 0.25) is 0 Å². The first kappa shape index (κ1) is 94.1. The summed E-state index contributed by atoms with van der Waals surface area (Å²) in [4.78, 5) is 72.8. The van der Waals surface area contributed by atoms with Crippen molar-refractivity contribution < 1.29 is 80.2 Å². The largest absolute Gasteiger partial charge is 0.472 e. The van der Waals surface area contributed by atoms with Crippen molar-refractivity contribution in [2.45, 2.75) is 414 Å². The highest BCUT2D eigenvalue weighted by atomic mass is 31.2. The number of hydrogen-bond donors (Lipinski definition) is 3. The number of esters is 4. The fourth-order valence-electron chi connectivity index (χ4n) is 11.7. The molecule has 0 spiro atoms. The van der Waals surface area contributed by atoms with E-state index < -0.39 is 97.5 Å². The summed E-state index contributed by atoms with van der Waals surface area (Å²) >= 11 is 0. The number of hydrogen-bond acceptors (Lipinski definition) is 15. The van der Waals surface area contributed by atoms with Crippen LogP contribution in [0.1, 0.15) is 395 Å². The summed E-state index contributed by atoms with van der Waals surface area (Å²) in [5.41, 5.74) is 0. The van der Waals surface area contributed by atoms with Gasteiger partial charge in [-0.15, -0.1) is 0 Å². The van der Waals surface area contributed by atoms with Gasteiger partial charge in [0.2, 0.25) is 0 Å². The summed E-state index contributed by atoms with van der Waals surface area (Å²) in [5, 5.41) is 10.6. The fraction of sp³-hybridized carbons (Fsp3) is 0.948. The molecular weight excluding hydrogens is 1260 g/mol. The summed E-state index contributed by atoms with van der Waals surface area (Å²) in [6.45, 7) is 11.9. The van der Waals surface area contributed by atoms with E-state index in [4.69, 9.17) is 37.0 Å². The maximum atomic E-state index is 13.1. The Morgan fingerprint density at radius 2 is 0.531 bits per heavy atom. The first-order valence-electron chi connectivity index (χ1n) is 39.9. The Bertz CT molecular complexity index is 1870. The van der Waals surface area contributed by atoms with E-state index in [0.29, 0.717) is 31.6 Å². The second kappa shape index (κ2) is 67.5. The van der Waals surface area contributed by atoms with Gasteiger partial charge in [0.25, 0.3) is 0 Å². The average molecular weight is 1410 g/mol. The van der Waals surface area contributed by atoms with Crippen molar-refractivity contribution in [2.24, 2.45) is 17.8 Å². The van der Waals surface area contributed by atoms with Crippen LogP contribution in [0.5, 0.6) is 0 Å². The van der Waals surface area contributed by atoms with Gasteiger partial charge in [-0.1, -0.05) is 344 Å². The van der Waals surface area contributed by atoms with E-state index in [2.05, 4.69) is 48.5 Å². The zero-order valence-electron chi connectivity index (χ0n) is 62.8. The second-order valence-corrected chi connectivity index (χ2v) is 31.8. The van der Waals surface area contributed by atoms with Gasteiger partial charge < -0.3 is 33.8 Å². The molecule has 3 N–H and O–H groups in total. The predicted molar refractivity (Wildman–Crippen MR) is 391 cm³/mol. The minimum atomic E-state index is -4.96. The number of ether oxygens (including phenoxy) is 4. The lowest BCUT2D eigenvalue weighted by Gasteiger charge is -2.21. The van der Waals surface area contributed by atoms with E-state index in [1.54, 1.807) is 0 Å². The molecule has 0 aromatic carbocycles. The molecule has 0 heterocycles. The Morgan fingerprint density at radius 3 is 0.792 bits per heavy atom. The third kappa shape index (κ3) is 69.2. The van der Waals surface area contributed by atoms with E-state index in [9.17, 15) is 43.2 Å². The first-order valence-corrected chi connectivity index (χ1v) is 42.9. The molecule has 6 atom stereocenters. The number of phosphoric ester groups is 2. The summed E-state index contributed by atoms with van der Waals surface area (Å²) in [6, 6.07) is 0. The van der Waals surface area contributed by atoms with E-state index in [0.717, 1.165) is 108 Å². The molecule has 570 valence electrons. The molecule has 0 saturated heterocycles. The zero-order valence-corrected chi connectivity index (χ0v) is 64.6. The summed E-state index contributed by atoms with van der Waals surface area (Å²) in [6.07, 6.45) is 54.2. The Hall–Kier alpha value is -1.94. The lowest BCUT2D eigenvalue weighted by Crippen LogP contribution is -2.30. The SMILES string of the molecule is CCCCCCCCCCCCCCCCCCCCCCC(=O)O[C@H](COC(=O)CCCCCCCCCCCCC(C)CC)COP(=O)(O)OC[C@@H](O)COP(=O)(O)OC[C@@H](COC(=O)CCCCCCCCCC(C)C)OC(=O)CCCCCCCCCCCC(C)C. The van der Waals surface area contributed by atoms with Gasteiger partial charge in [-0.25, -0.2) is 9.13 Å². The first-order chi connectivity index (χ1) is 46.3. The Balaban J connectivity index is 5.23. The summed E-state index contributed by atoms with van der Waals surface area (Å²) < 4.78 is 68.5. The van der Waals surface area contributed by atoms with Crippen LogP contribution in [0.4, 0.5) is 0 Å². The maximum Gasteiger partial charge on any atom is 0.472 e. The van der Waals surface area contributed by atoms with Crippen LogP contribution in [0.3, 0.4) is 0 Å². The van der Waals surface area contributed by atoms with Crippen molar-refractivity contribution in [1.82, 2.24) is 0 Å². The van der Waals surface area contributed by atoms with E-state index in [1.165, 1.54) is 199 Å². The van der Waals surface area contributed by atoms with Gasteiger partial charge in [-0.2, -0.15) is 0 Å². The molecule has 0 aromatic rings. The number of aliphatic hydroxyl groups is 1. The standard InChI is InChI=1S/C77H150O17P2/c1-8-10-11-12-13-14-15-16-17-18-19-20-21-22-23-24-31-38-46-53-60-76(81)93-72(64-87-74(79)58-51-44-37-30-26-25-29-36-43-50-57-70(7)9-2)66-91-95(83,84)89-62-71(78)63-90-96(85,86)92-67-73(65-88-75(80)59-52-45-40-33-35-42-49-56-69(5)6)94-77(82)61-54-47-39-32-27-28-34-41-48-55-68(3)4/h68-73,78H,8-67H2,1-7H3,(H,83,84)(H,85,86)/t70?,71-,72-,73-/m1/s1. The molecule has 19 heteroatoms. The number of unbranched alkanes of at least 4 members (excludes halogenated alkanes) is 42. The molecule has 0 aliphatic rings. The topological polar surface area (TPSA) is 237 Å².